The van der Waals surface area contributed by atoms with Crippen molar-refractivity contribution in [3.63, 3.8) is 0 Å². The van der Waals surface area contributed by atoms with Crippen LogP contribution >= 0.6 is 11.8 Å². The van der Waals surface area contributed by atoms with E-state index < -0.39 is 0 Å². The van der Waals surface area contributed by atoms with Crippen molar-refractivity contribution in [1.82, 2.24) is 0 Å². The first kappa shape index (κ1) is 12.1. The maximum absolute atomic E-state index is 8.25. The molecule has 1 rings (SSSR count). The molecule has 0 saturated heterocycles. The average molecular weight is 248 g/mol. The number of hydrogen-bond donors (Lipinski definition) is 1. The van der Waals surface area contributed by atoms with E-state index >= 15 is 0 Å². The number of rotatable bonds is 5. The van der Waals surface area contributed by atoms with Gasteiger partial charge in [-0.15, -0.1) is 21.2 Å². The predicted octanol–water partition coefficient (Wildman–Crippen LogP) is 2.44. The quantitative estimate of drug-likeness (QED) is 0.492. The Balaban J connectivity index is 2.50. The van der Waals surface area contributed by atoms with Crippen LogP contribution in [0.4, 0.5) is 0 Å². The van der Waals surface area contributed by atoms with E-state index in [-0.39, 0.29) is 16.1 Å². The zero-order valence-electron chi connectivity index (χ0n) is 7.80. The largest absolute Gasteiger partial charge is 0.251 e. The third-order valence-electron chi connectivity index (χ3n) is 1.55. The summed E-state index contributed by atoms with van der Waals surface area (Å²) in [5.74, 6) is 0. The molecule has 0 aliphatic rings. The molecular formula is C9H12O2S3. The van der Waals surface area contributed by atoms with E-state index in [4.69, 9.17) is 16.4 Å². The summed E-state index contributed by atoms with van der Waals surface area (Å²) in [6.07, 6.45) is 2.05. The fourth-order valence-electron chi connectivity index (χ4n) is 0.907. The molecule has 0 aliphatic carbocycles. The molecule has 0 fully saturated rings. The first-order valence-electron chi connectivity index (χ1n) is 4.00. The van der Waals surface area contributed by atoms with Gasteiger partial charge in [-0.05, 0) is 24.0 Å². The zero-order valence-corrected chi connectivity index (χ0v) is 10.3. The first-order valence-corrected chi connectivity index (χ1v) is 7.72. The summed E-state index contributed by atoms with van der Waals surface area (Å²) in [4.78, 5) is 5.25. The summed E-state index contributed by atoms with van der Waals surface area (Å²) in [5, 5.41) is 9.22. The maximum atomic E-state index is 8.25. The number of benzene rings is 1. The molecule has 0 aromatic heterocycles. The highest BCUT2D eigenvalue weighted by atomic mass is 32.8. The Bertz CT molecular complexity index is 297. The number of thioether (sulfide) groups is 1. The Morgan fingerprint density at radius 3 is 2.57 bits per heavy atom. The molecule has 1 unspecified atom stereocenters. The lowest BCUT2D eigenvalue weighted by Crippen LogP contribution is -1.88. The molecule has 2 nitrogen and oxygen atoms in total. The van der Waals surface area contributed by atoms with Gasteiger partial charge in [0.25, 0.3) is 0 Å². The Morgan fingerprint density at radius 1 is 1.43 bits per heavy atom. The molecule has 1 aromatic rings. The molecule has 14 heavy (non-hydrogen) atoms. The molecule has 78 valence electrons. The van der Waals surface area contributed by atoms with Gasteiger partial charge in [-0.2, -0.15) is 0 Å². The zero-order chi connectivity index (χ0) is 10.4. The predicted molar refractivity (Wildman–Crippen MR) is 65.2 cm³/mol. The molecule has 0 spiro atoms. The molecule has 0 saturated carbocycles. The van der Waals surface area contributed by atoms with Crippen LogP contribution in [-0.4, -0.2) is 16.6 Å². The molecule has 5 heteroatoms. The SMILES string of the molecule is CS(=S)CSc1ccc(COO)cc1. The lowest BCUT2D eigenvalue weighted by Gasteiger charge is -2.02. The highest BCUT2D eigenvalue weighted by Gasteiger charge is 1.96. The van der Waals surface area contributed by atoms with E-state index in [1.165, 1.54) is 4.90 Å². The summed E-state index contributed by atoms with van der Waals surface area (Å²) in [7, 11) is 0.0568. The van der Waals surface area contributed by atoms with Crippen LogP contribution in [0.2, 0.25) is 0 Å². The van der Waals surface area contributed by atoms with Gasteiger partial charge < -0.3 is 0 Å². The minimum Gasteiger partial charge on any atom is -0.251 e. The standard InChI is InChI=1S/C9H12O2S3/c1-14(12)7-13-9-4-2-8(3-5-9)6-11-10/h2-5,10H,6-7H2,1H3. The smallest absolute Gasteiger partial charge is 0.107 e. The monoisotopic (exact) mass is 248 g/mol. The Labute approximate surface area is 95.2 Å². The van der Waals surface area contributed by atoms with E-state index in [9.17, 15) is 0 Å². The number of hydrogen-bond acceptors (Lipinski definition) is 4. The minimum atomic E-state index is 0.0568. The van der Waals surface area contributed by atoms with Crippen LogP contribution < -0.4 is 0 Å². The van der Waals surface area contributed by atoms with Gasteiger partial charge in [-0.3, -0.25) is 5.26 Å². The molecule has 1 aromatic carbocycles. The van der Waals surface area contributed by atoms with Gasteiger partial charge in [-0.1, -0.05) is 23.3 Å². The molecule has 0 amide bonds. The van der Waals surface area contributed by atoms with Crippen LogP contribution in [0.3, 0.4) is 0 Å². The van der Waals surface area contributed by atoms with Gasteiger partial charge in [-0.25, -0.2) is 4.89 Å². The molecule has 0 heterocycles. The van der Waals surface area contributed by atoms with Gasteiger partial charge >= 0.3 is 0 Å². The van der Waals surface area contributed by atoms with Crippen LogP contribution in [0.1, 0.15) is 5.56 Å². The maximum Gasteiger partial charge on any atom is 0.107 e. The topological polar surface area (TPSA) is 29.5 Å². The molecule has 0 bridgehead atoms. The highest BCUT2D eigenvalue weighted by molar-refractivity contribution is 8.33. The third-order valence-corrected chi connectivity index (χ3v) is 4.82. The highest BCUT2D eigenvalue weighted by Crippen LogP contribution is 2.19. The van der Waals surface area contributed by atoms with Crippen LogP contribution in [0, 0.1) is 0 Å². The van der Waals surface area contributed by atoms with E-state index in [1.54, 1.807) is 11.8 Å². The van der Waals surface area contributed by atoms with Crippen LogP contribution in [0.5, 0.6) is 0 Å². The van der Waals surface area contributed by atoms with Crippen LogP contribution in [0.25, 0.3) is 0 Å². The van der Waals surface area contributed by atoms with Crippen molar-refractivity contribution < 1.29 is 10.1 Å². The summed E-state index contributed by atoms with van der Waals surface area (Å²) in [6, 6.07) is 7.91. The molecule has 1 atom stereocenters. The normalized spacial score (nSPS) is 12.7. The van der Waals surface area contributed by atoms with Gasteiger partial charge in [0.2, 0.25) is 0 Å². The minimum absolute atomic E-state index is 0.0568. The Hall–Kier alpha value is 0.0600. The second kappa shape index (κ2) is 6.53. The van der Waals surface area contributed by atoms with Crippen LogP contribution in [0.15, 0.2) is 29.2 Å². The van der Waals surface area contributed by atoms with Crippen molar-refractivity contribution >= 4 is 32.4 Å². The van der Waals surface area contributed by atoms with Crippen molar-refractivity contribution in [2.24, 2.45) is 0 Å². The third kappa shape index (κ3) is 4.52. The van der Waals surface area contributed by atoms with Crippen molar-refractivity contribution in [3.05, 3.63) is 29.8 Å². The first-order chi connectivity index (χ1) is 6.72. The second-order valence-corrected chi connectivity index (χ2v) is 7.31. The summed E-state index contributed by atoms with van der Waals surface area (Å²) in [5.41, 5.74) is 0.964. The van der Waals surface area contributed by atoms with Gasteiger partial charge in [0.1, 0.15) is 6.61 Å². The fraction of sp³-hybridized carbons (Fsp3) is 0.333. The van der Waals surface area contributed by atoms with Crippen molar-refractivity contribution in [2.45, 2.75) is 11.5 Å². The average Bonchev–Trinajstić information content (AvgIpc) is 2.17. The van der Waals surface area contributed by atoms with E-state index in [0.29, 0.717) is 0 Å². The van der Waals surface area contributed by atoms with E-state index in [2.05, 4.69) is 11.1 Å². The molecule has 0 radical (unpaired) electrons. The Morgan fingerprint density at radius 2 is 2.07 bits per heavy atom. The Kier molecular flexibility index (Phi) is 5.66. The van der Waals surface area contributed by atoms with Crippen LogP contribution in [-0.2, 0) is 32.1 Å². The van der Waals surface area contributed by atoms with Gasteiger partial charge in [0.15, 0.2) is 0 Å². The summed E-state index contributed by atoms with van der Waals surface area (Å²) in [6.45, 7) is 0.240. The van der Waals surface area contributed by atoms with Crippen molar-refractivity contribution in [1.29, 1.82) is 0 Å². The van der Waals surface area contributed by atoms with Gasteiger partial charge in [0, 0.05) is 9.98 Å². The van der Waals surface area contributed by atoms with E-state index in [0.717, 1.165) is 10.6 Å². The molecule has 0 aliphatic heterocycles. The fourth-order valence-corrected chi connectivity index (χ4v) is 2.88. The van der Waals surface area contributed by atoms with Crippen molar-refractivity contribution in [3.8, 4) is 0 Å². The lowest BCUT2D eigenvalue weighted by atomic mass is 10.2. The summed E-state index contributed by atoms with van der Waals surface area (Å²) >= 11 is 6.86. The second-order valence-electron chi connectivity index (χ2n) is 2.75. The van der Waals surface area contributed by atoms with Crippen molar-refractivity contribution in [2.75, 3.05) is 11.3 Å². The lowest BCUT2D eigenvalue weighted by molar-refractivity contribution is -0.253. The summed E-state index contributed by atoms with van der Waals surface area (Å²) < 4.78 is 0. The molecule has 1 N–H and O–H groups in total. The van der Waals surface area contributed by atoms with E-state index in [1.807, 2.05) is 24.3 Å². The van der Waals surface area contributed by atoms with Gasteiger partial charge in [0.05, 0.1) is 0 Å². The molecular weight excluding hydrogens is 236 g/mol.